The number of carbonyl (C=O) groups is 1. The summed E-state index contributed by atoms with van der Waals surface area (Å²) in [5, 5.41) is 0. The van der Waals surface area contributed by atoms with E-state index in [1.54, 1.807) is 39.5 Å². The van der Waals surface area contributed by atoms with Crippen molar-refractivity contribution in [2.24, 2.45) is 4.99 Å². The lowest BCUT2D eigenvalue weighted by molar-refractivity contribution is 0.1000. The van der Waals surface area contributed by atoms with Crippen molar-refractivity contribution < 1.29 is 19.0 Å². The zero-order chi connectivity index (χ0) is 16.4. The van der Waals surface area contributed by atoms with Crippen LogP contribution in [0.1, 0.15) is 21.5 Å². The number of carbonyl (C=O) groups excluding carboxylic acids is 1. The van der Waals surface area contributed by atoms with E-state index in [-0.39, 0.29) is 5.91 Å². The first-order valence-electron chi connectivity index (χ1n) is 7.18. The minimum absolute atomic E-state index is 0.237. The van der Waals surface area contributed by atoms with Gasteiger partial charge in [-0.15, -0.1) is 0 Å². The van der Waals surface area contributed by atoms with Gasteiger partial charge in [0.1, 0.15) is 5.75 Å². The van der Waals surface area contributed by atoms with Gasteiger partial charge in [0, 0.05) is 23.6 Å². The van der Waals surface area contributed by atoms with E-state index in [4.69, 9.17) is 14.2 Å². The third kappa shape index (κ3) is 2.65. The highest BCUT2D eigenvalue weighted by molar-refractivity contribution is 6.16. The van der Waals surface area contributed by atoms with Crippen molar-refractivity contribution in [2.75, 3.05) is 21.3 Å². The van der Waals surface area contributed by atoms with E-state index in [0.717, 1.165) is 11.1 Å². The normalized spacial score (nSPS) is 13.2. The predicted molar refractivity (Wildman–Crippen MR) is 87.1 cm³/mol. The van der Waals surface area contributed by atoms with Gasteiger partial charge in [0.2, 0.25) is 0 Å². The number of benzene rings is 2. The second-order valence-corrected chi connectivity index (χ2v) is 5.11. The molecular weight excluding hydrogens is 294 g/mol. The Morgan fingerprint density at radius 1 is 0.870 bits per heavy atom. The molecule has 0 bridgehead atoms. The highest BCUT2D eigenvalue weighted by Crippen LogP contribution is 2.36. The molecule has 1 aliphatic rings. The second-order valence-electron chi connectivity index (χ2n) is 5.11. The summed E-state index contributed by atoms with van der Waals surface area (Å²) in [4.78, 5) is 16.5. The summed E-state index contributed by atoms with van der Waals surface area (Å²) >= 11 is 0. The summed E-state index contributed by atoms with van der Waals surface area (Å²) in [5.74, 6) is 1.49. The maximum atomic E-state index is 12.3. The van der Waals surface area contributed by atoms with Gasteiger partial charge in [-0.05, 0) is 17.7 Å². The van der Waals surface area contributed by atoms with Gasteiger partial charge in [0.05, 0.1) is 27.0 Å². The Labute approximate surface area is 134 Å². The Bertz CT molecular complexity index is 796. The lowest BCUT2D eigenvalue weighted by atomic mass is 9.94. The van der Waals surface area contributed by atoms with Crippen LogP contribution < -0.4 is 14.2 Å². The van der Waals surface area contributed by atoms with E-state index in [2.05, 4.69) is 4.99 Å². The van der Waals surface area contributed by atoms with Gasteiger partial charge in [0.25, 0.3) is 5.91 Å². The largest absolute Gasteiger partial charge is 0.496 e. The standard InChI is InChI=1S/C18H17NO4/c1-21-15-10-17(23-3)16(22-2)9-13(15)14-8-11-6-4-5-7-12(11)18(20)19-14/h4-7,9-10H,8H2,1-3H3. The summed E-state index contributed by atoms with van der Waals surface area (Å²) in [7, 11) is 4.70. The third-order valence-corrected chi connectivity index (χ3v) is 3.86. The Morgan fingerprint density at radius 3 is 2.22 bits per heavy atom. The molecule has 0 aromatic heterocycles. The maximum absolute atomic E-state index is 12.3. The average Bonchev–Trinajstić information content (AvgIpc) is 2.60. The summed E-state index contributed by atoms with van der Waals surface area (Å²) in [6.07, 6.45) is 0.563. The zero-order valence-corrected chi connectivity index (χ0v) is 13.3. The molecule has 0 aliphatic carbocycles. The highest BCUT2D eigenvalue weighted by atomic mass is 16.5. The van der Waals surface area contributed by atoms with Gasteiger partial charge in [-0.2, -0.15) is 0 Å². The lowest BCUT2D eigenvalue weighted by Crippen LogP contribution is -2.18. The fourth-order valence-corrected chi connectivity index (χ4v) is 2.70. The molecule has 0 spiro atoms. The zero-order valence-electron chi connectivity index (χ0n) is 13.3. The molecule has 0 saturated carbocycles. The van der Waals surface area contributed by atoms with Crippen molar-refractivity contribution in [3.8, 4) is 17.2 Å². The number of amides is 1. The fourth-order valence-electron chi connectivity index (χ4n) is 2.70. The quantitative estimate of drug-likeness (QED) is 0.871. The lowest BCUT2D eigenvalue weighted by Gasteiger charge is -2.18. The molecule has 0 atom stereocenters. The van der Waals surface area contributed by atoms with Crippen LogP contribution in [0.5, 0.6) is 17.2 Å². The number of aliphatic imine (C=N–C) groups is 1. The third-order valence-electron chi connectivity index (χ3n) is 3.86. The smallest absolute Gasteiger partial charge is 0.277 e. The van der Waals surface area contributed by atoms with E-state index >= 15 is 0 Å². The second kappa shape index (κ2) is 6.12. The first-order valence-corrected chi connectivity index (χ1v) is 7.18. The molecule has 1 aliphatic heterocycles. The van der Waals surface area contributed by atoms with Crippen LogP contribution in [0.15, 0.2) is 41.4 Å². The number of hydrogen-bond acceptors (Lipinski definition) is 4. The Hall–Kier alpha value is -2.82. The van der Waals surface area contributed by atoms with E-state index in [1.807, 2.05) is 18.2 Å². The highest BCUT2D eigenvalue weighted by Gasteiger charge is 2.23. The van der Waals surface area contributed by atoms with Gasteiger partial charge < -0.3 is 14.2 Å². The molecule has 0 saturated heterocycles. The Kier molecular flexibility index (Phi) is 4.02. The van der Waals surface area contributed by atoms with E-state index in [1.165, 1.54) is 0 Å². The van der Waals surface area contributed by atoms with Crippen molar-refractivity contribution in [1.29, 1.82) is 0 Å². The van der Waals surface area contributed by atoms with Gasteiger partial charge in [-0.3, -0.25) is 4.79 Å². The van der Waals surface area contributed by atoms with Gasteiger partial charge >= 0.3 is 0 Å². The number of ether oxygens (including phenoxy) is 3. The molecule has 5 nitrogen and oxygen atoms in total. The van der Waals surface area contributed by atoms with Crippen molar-refractivity contribution in [1.82, 2.24) is 0 Å². The molecule has 5 heteroatoms. The maximum Gasteiger partial charge on any atom is 0.277 e. The Balaban J connectivity index is 2.10. The predicted octanol–water partition coefficient (Wildman–Crippen LogP) is 2.90. The number of hydrogen-bond donors (Lipinski definition) is 0. The van der Waals surface area contributed by atoms with E-state index < -0.39 is 0 Å². The molecule has 23 heavy (non-hydrogen) atoms. The van der Waals surface area contributed by atoms with Crippen LogP contribution in [0.2, 0.25) is 0 Å². The van der Waals surface area contributed by atoms with Crippen LogP contribution in [0, 0.1) is 0 Å². The number of fused-ring (bicyclic) bond motifs is 1. The molecule has 0 fully saturated rings. The van der Waals surface area contributed by atoms with Crippen LogP contribution in [0.4, 0.5) is 0 Å². The minimum atomic E-state index is -0.237. The van der Waals surface area contributed by atoms with Gasteiger partial charge in [-0.1, -0.05) is 18.2 Å². The Morgan fingerprint density at radius 2 is 1.52 bits per heavy atom. The molecule has 118 valence electrons. The molecule has 0 unspecified atom stereocenters. The summed E-state index contributed by atoms with van der Waals surface area (Å²) in [6, 6.07) is 11.0. The molecule has 2 aromatic carbocycles. The van der Waals surface area contributed by atoms with Gasteiger partial charge in [-0.25, -0.2) is 4.99 Å². The number of methoxy groups -OCH3 is 3. The average molecular weight is 311 g/mol. The molecular formula is C18H17NO4. The van der Waals surface area contributed by atoms with Crippen molar-refractivity contribution >= 4 is 11.6 Å². The van der Waals surface area contributed by atoms with Crippen LogP contribution in [-0.2, 0) is 6.42 Å². The van der Waals surface area contributed by atoms with Crippen molar-refractivity contribution in [3.63, 3.8) is 0 Å². The molecule has 1 heterocycles. The SMILES string of the molecule is COc1cc(OC)c(C2=NC(=O)c3ccccc3C2)cc1OC. The van der Waals surface area contributed by atoms with E-state index in [9.17, 15) is 4.79 Å². The first-order chi connectivity index (χ1) is 11.2. The molecule has 0 N–H and O–H groups in total. The van der Waals surface area contributed by atoms with Crippen molar-refractivity contribution in [3.05, 3.63) is 53.1 Å². The van der Waals surface area contributed by atoms with Gasteiger partial charge in [0.15, 0.2) is 11.5 Å². The number of nitrogens with zero attached hydrogens (tertiary/aromatic N) is 1. The van der Waals surface area contributed by atoms with Crippen LogP contribution in [-0.4, -0.2) is 32.9 Å². The first kappa shape index (κ1) is 15.1. The minimum Gasteiger partial charge on any atom is -0.496 e. The molecule has 0 radical (unpaired) electrons. The summed E-state index contributed by atoms with van der Waals surface area (Å²) in [5.41, 5.74) is 2.99. The monoisotopic (exact) mass is 311 g/mol. The topological polar surface area (TPSA) is 57.1 Å². The fraction of sp³-hybridized carbons (Fsp3) is 0.222. The summed E-state index contributed by atoms with van der Waals surface area (Å²) in [6.45, 7) is 0. The van der Waals surface area contributed by atoms with Crippen molar-refractivity contribution in [2.45, 2.75) is 6.42 Å². The number of rotatable bonds is 4. The van der Waals surface area contributed by atoms with Crippen LogP contribution in [0.3, 0.4) is 0 Å². The van der Waals surface area contributed by atoms with Crippen LogP contribution in [0.25, 0.3) is 0 Å². The molecule has 3 rings (SSSR count). The van der Waals surface area contributed by atoms with E-state index in [0.29, 0.717) is 34.9 Å². The van der Waals surface area contributed by atoms with Crippen LogP contribution >= 0.6 is 0 Å². The molecule has 1 amide bonds. The summed E-state index contributed by atoms with van der Waals surface area (Å²) < 4.78 is 16.1. The molecule has 2 aromatic rings.